The molecule has 194 valence electrons. The summed E-state index contributed by atoms with van der Waals surface area (Å²) in [6, 6.07) is -5.67. The maximum absolute atomic E-state index is 12.8. The minimum atomic E-state index is -1.48. The van der Waals surface area contributed by atoms with Gasteiger partial charge >= 0.3 is 17.9 Å². The fourth-order valence-corrected chi connectivity index (χ4v) is 2.77. The van der Waals surface area contributed by atoms with Crippen molar-refractivity contribution in [3.8, 4) is 0 Å². The van der Waals surface area contributed by atoms with E-state index in [1.165, 1.54) is 6.92 Å². The molecule has 0 saturated heterocycles. The van der Waals surface area contributed by atoms with Crippen LogP contribution in [0.1, 0.15) is 52.9 Å². The van der Waals surface area contributed by atoms with Crippen LogP contribution in [0, 0.1) is 5.92 Å². The van der Waals surface area contributed by atoms with E-state index >= 15 is 0 Å². The van der Waals surface area contributed by atoms with Gasteiger partial charge in [-0.1, -0.05) is 20.3 Å². The molecule has 0 heterocycles. The van der Waals surface area contributed by atoms with E-state index in [0.717, 1.165) is 0 Å². The standard InChI is InChI=1S/C20H34N4O10/c1-4-9(2)16(20(33)34)24-18(31)12(6-8-14(28)29)22-17(30)11(5-7-13(26)27)23-19(32)15(21)10(3)25/h9-12,15-16,25H,4-8,21H2,1-3H3,(H,22,30)(H,23,32)(H,24,31)(H,26,27)(H,28,29)(H,33,34)/t9?,10?,11?,12?,15-,16?/m0/s1. The summed E-state index contributed by atoms with van der Waals surface area (Å²) >= 11 is 0. The third-order valence-corrected chi connectivity index (χ3v) is 5.16. The summed E-state index contributed by atoms with van der Waals surface area (Å²) in [7, 11) is 0. The van der Waals surface area contributed by atoms with Crippen LogP contribution in [0.15, 0.2) is 0 Å². The van der Waals surface area contributed by atoms with Crippen molar-refractivity contribution in [2.24, 2.45) is 11.7 Å². The smallest absolute Gasteiger partial charge is 0.326 e. The molecule has 0 aromatic carbocycles. The highest BCUT2D eigenvalue weighted by Crippen LogP contribution is 2.10. The molecule has 34 heavy (non-hydrogen) atoms. The third-order valence-electron chi connectivity index (χ3n) is 5.16. The fraction of sp³-hybridized carbons (Fsp3) is 0.700. The molecule has 9 N–H and O–H groups in total. The number of aliphatic carboxylic acids is 3. The number of carboxylic acid groups (broad SMARTS) is 3. The summed E-state index contributed by atoms with van der Waals surface area (Å²) in [5.41, 5.74) is 5.52. The Labute approximate surface area is 196 Å². The van der Waals surface area contributed by atoms with Gasteiger partial charge in [0, 0.05) is 12.8 Å². The SMILES string of the molecule is CCC(C)C(NC(=O)C(CCC(=O)O)NC(=O)C(CCC(=O)O)NC(=O)[C@@H](N)C(C)O)C(=O)O. The third kappa shape index (κ3) is 11.0. The quantitative estimate of drug-likeness (QED) is 0.118. The van der Waals surface area contributed by atoms with Crippen molar-refractivity contribution in [1.82, 2.24) is 16.0 Å². The van der Waals surface area contributed by atoms with Crippen LogP contribution in [-0.2, 0) is 28.8 Å². The lowest BCUT2D eigenvalue weighted by molar-refractivity contribution is -0.144. The van der Waals surface area contributed by atoms with Gasteiger partial charge in [-0.25, -0.2) is 4.79 Å². The number of hydrogen-bond donors (Lipinski definition) is 8. The summed E-state index contributed by atoms with van der Waals surface area (Å²) < 4.78 is 0. The molecule has 0 aliphatic heterocycles. The lowest BCUT2D eigenvalue weighted by Gasteiger charge is -2.26. The molecule has 0 saturated carbocycles. The van der Waals surface area contributed by atoms with E-state index in [9.17, 15) is 39.0 Å². The summed E-state index contributed by atoms with van der Waals surface area (Å²) in [6.07, 6.45) is -2.73. The molecule has 0 aliphatic carbocycles. The van der Waals surface area contributed by atoms with Crippen LogP contribution >= 0.6 is 0 Å². The largest absolute Gasteiger partial charge is 0.481 e. The molecular formula is C20H34N4O10. The Hall–Kier alpha value is -3.26. The first-order valence-electron chi connectivity index (χ1n) is 10.7. The van der Waals surface area contributed by atoms with Gasteiger partial charge in [-0.15, -0.1) is 0 Å². The first-order chi connectivity index (χ1) is 15.7. The molecule has 0 rings (SSSR count). The molecule has 0 radical (unpaired) electrons. The highest BCUT2D eigenvalue weighted by Gasteiger charge is 2.32. The van der Waals surface area contributed by atoms with E-state index in [0.29, 0.717) is 6.42 Å². The van der Waals surface area contributed by atoms with Gasteiger partial charge in [0.25, 0.3) is 0 Å². The zero-order valence-corrected chi connectivity index (χ0v) is 19.3. The molecule has 0 aromatic heterocycles. The maximum atomic E-state index is 12.8. The van der Waals surface area contributed by atoms with Gasteiger partial charge in [0.05, 0.1) is 6.10 Å². The lowest BCUT2D eigenvalue weighted by atomic mass is 9.98. The number of hydrogen-bond acceptors (Lipinski definition) is 8. The second-order valence-corrected chi connectivity index (χ2v) is 7.96. The van der Waals surface area contributed by atoms with Crippen molar-refractivity contribution >= 4 is 35.6 Å². The van der Waals surface area contributed by atoms with E-state index in [1.54, 1.807) is 13.8 Å². The normalized spacial score (nSPS) is 16.1. The lowest BCUT2D eigenvalue weighted by Crippen LogP contribution is -2.58. The van der Waals surface area contributed by atoms with Gasteiger partial charge in [-0.2, -0.15) is 0 Å². The van der Waals surface area contributed by atoms with Crippen molar-refractivity contribution in [3.05, 3.63) is 0 Å². The van der Waals surface area contributed by atoms with Crippen molar-refractivity contribution in [2.45, 2.75) is 83.1 Å². The fourth-order valence-electron chi connectivity index (χ4n) is 2.77. The maximum Gasteiger partial charge on any atom is 0.326 e. The van der Waals surface area contributed by atoms with Crippen molar-refractivity contribution in [3.63, 3.8) is 0 Å². The predicted octanol–water partition coefficient (Wildman–Crippen LogP) is -1.99. The van der Waals surface area contributed by atoms with Gasteiger partial charge in [0.15, 0.2) is 0 Å². The molecule has 6 atom stereocenters. The molecule has 0 bridgehead atoms. The van der Waals surface area contributed by atoms with Crippen molar-refractivity contribution in [1.29, 1.82) is 0 Å². The number of carbonyl (C=O) groups is 6. The van der Waals surface area contributed by atoms with Crippen LogP contribution in [0.2, 0.25) is 0 Å². The first-order valence-corrected chi connectivity index (χ1v) is 10.7. The van der Waals surface area contributed by atoms with E-state index in [-0.39, 0.29) is 0 Å². The van der Waals surface area contributed by atoms with Gasteiger partial charge in [-0.05, 0) is 25.7 Å². The number of carboxylic acids is 3. The van der Waals surface area contributed by atoms with Gasteiger partial charge in [-0.3, -0.25) is 24.0 Å². The first kappa shape index (κ1) is 30.7. The molecule has 0 aromatic rings. The van der Waals surface area contributed by atoms with Crippen LogP contribution < -0.4 is 21.7 Å². The Kier molecular flexibility index (Phi) is 13.4. The monoisotopic (exact) mass is 490 g/mol. The Bertz CT molecular complexity index is 758. The van der Waals surface area contributed by atoms with Crippen molar-refractivity contribution < 1.29 is 49.2 Å². The average molecular weight is 491 g/mol. The number of carbonyl (C=O) groups excluding carboxylic acids is 3. The summed E-state index contributed by atoms with van der Waals surface area (Å²) in [5.74, 6) is -7.24. The molecule has 14 nitrogen and oxygen atoms in total. The number of amides is 3. The van der Waals surface area contributed by atoms with E-state index in [4.69, 9.17) is 15.9 Å². The second kappa shape index (κ2) is 14.8. The van der Waals surface area contributed by atoms with E-state index in [2.05, 4.69) is 16.0 Å². The predicted molar refractivity (Wildman–Crippen MR) is 116 cm³/mol. The summed E-state index contributed by atoms with van der Waals surface area (Å²) in [5, 5.41) is 43.5. The van der Waals surface area contributed by atoms with Crippen LogP contribution in [0.25, 0.3) is 0 Å². The van der Waals surface area contributed by atoms with Crippen LogP contribution in [-0.4, -0.2) is 86.3 Å². The second-order valence-electron chi connectivity index (χ2n) is 7.96. The molecule has 0 aliphatic rings. The Morgan fingerprint density at radius 1 is 0.765 bits per heavy atom. The number of aliphatic hydroxyl groups excluding tert-OH is 1. The molecule has 0 fully saturated rings. The highest BCUT2D eigenvalue weighted by atomic mass is 16.4. The zero-order valence-electron chi connectivity index (χ0n) is 19.3. The summed E-state index contributed by atoms with van der Waals surface area (Å²) in [6.45, 7) is 4.54. The number of rotatable bonds is 16. The van der Waals surface area contributed by atoms with Gasteiger partial charge in [0.1, 0.15) is 24.2 Å². The minimum absolute atomic E-state index is 0.392. The minimum Gasteiger partial charge on any atom is -0.481 e. The van der Waals surface area contributed by atoms with Gasteiger partial charge in [0.2, 0.25) is 17.7 Å². The molecule has 14 heteroatoms. The topological polar surface area (TPSA) is 245 Å². The molecule has 0 spiro atoms. The summed E-state index contributed by atoms with van der Waals surface area (Å²) in [4.78, 5) is 71.1. The highest BCUT2D eigenvalue weighted by molar-refractivity contribution is 5.94. The van der Waals surface area contributed by atoms with Crippen LogP contribution in [0.5, 0.6) is 0 Å². The molecule has 5 unspecified atom stereocenters. The molecular weight excluding hydrogens is 456 g/mol. The Morgan fingerprint density at radius 2 is 1.18 bits per heavy atom. The van der Waals surface area contributed by atoms with E-state index in [1.807, 2.05) is 0 Å². The number of nitrogens with two attached hydrogens (primary N) is 1. The van der Waals surface area contributed by atoms with E-state index < -0.39 is 97.5 Å². The number of aliphatic hydroxyl groups is 1. The zero-order chi connectivity index (χ0) is 26.6. The number of nitrogens with one attached hydrogen (secondary N) is 3. The van der Waals surface area contributed by atoms with Crippen LogP contribution in [0.4, 0.5) is 0 Å². The van der Waals surface area contributed by atoms with Crippen molar-refractivity contribution in [2.75, 3.05) is 0 Å². The Balaban J connectivity index is 5.69. The Morgan fingerprint density at radius 3 is 1.53 bits per heavy atom. The van der Waals surface area contributed by atoms with Gasteiger partial charge < -0.3 is 42.1 Å². The molecule has 3 amide bonds. The average Bonchev–Trinajstić information content (AvgIpc) is 2.75. The van der Waals surface area contributed by atoms with Crippen LogP contribution in [0.3, 0.4) is 0 Å².